The van der Waals surface area contributed by atoms with Crippen LogP contribution in [0.4, 0.5) is 9.18 Å². The number of benzene rings is 1. The Labute approximate surface area is 113 Å². The first-order valence-electron chi connectivity index (χ1n) is 6.37. The molecule has 1 heterocycles. The van der Waals surface area contributed by atoms with Gasteiger partial charge in [-0.3, -0.25) is 0 Å². The minimum atomic E-state index is -0.425. The first-order chi connectivity index (χ1) is 8.88. The van der Waals surface area contributed by atoms with Gasteiger partial charge in [-0.2, -0.15) is 0 Å². The summed E-state index contributed by atoms with van der Waals surface area (Å²) in [7, 11) is 1.70. The summed E-state index contributed by atoms with van der Waals surface area (Å²) < 4.78 is 13.9. The van der Waals surface area contributed by atoms with Crippen LogP contribution in [0.15, 0.2) is 24.3 Å². The molecular formula is C14H20FN3O. The van der Waals surface area contributed by atoms with E-state index in [1.165, 1.54) is 6.07 Å². The molecule has 1 aromatic carbocycles. The van der Waals surface area contributed by atoms with Gasteiger partial charge in [0.25, 0.3) is 0 Å². The Morgan fingerprint density at radius 2 is 2.05 bits per heavy atom. The van der Waals surface area contributed by atoms with E-state index in [2.05, 4.69) is 0 Å². The second-order valence-electron chi connectivity index (χ2n) is 5.56. The van der Waals surface area contributed by atoms with Crippen LogP contribution in [0.5, 0.6) is 0 Å². The molecule has 1 aromatic rings. The molecule has 1 aliphatic heterocycles. The lowest BCUT2D eigenvalue weighted by Gasteiger charge is -2.33. The number of nitrogens with zero attached hydrogens (tertiary/aromatic N) is 2. The van der Waals surface area contributed by atoms with Gasteiger partial charge in [0.1, 0.15) is 5.82 Å². The van der Waals surface area contributed by atoms with Crippen LogP contribution in [-0.4, -0.2) is 41.5 Å². The van der Waals surface area contributed by atoms with Crippen LogP contribution in [0.2, 0.25) is 0 Å². The third kappa shape index (κ3) is 2.30. The quantitative estimate of drug-likeness (QED) is 0.908. The summed E-state index contributed by atoms with van der Waals surface area (Å²) in [5, 5.41) is 0. The summed E-state index contributed by atoms with van der Waals surface area (Å²) in [6, 6.07) is 6.21. The molecule has 1 aliphatic rings. The Bertz CT molecular complexity index is 489. The minimum absolute atomic E-state index is 0.108. The summed E-state index contributed by atoms with van der Waals surface area (Å²) in [6.45, 7) is 4.67. The van der Waals surface area contributed by atoms with Crippen molar-refractivity contribution in [2.45, 2.75) is 25.4 Å². The second-order valence-corrected chi connectivity index (χ2v) is 5.56. The molecule has 0 spiro atoms. The summed E-state index contributed by atoms with van der Waals surface area (Å²) in [5.41, 5.74) is 5.85. The first kappa shape index (κ1) is 13.8. The zero-order chi connectivity index (χ0) is 14.2. The number of rotatable bonds is 3. The summed E-state index contributed by atoms with van der Waals surface area (Å²) in [5.74, 6) is -0.278. The normalized spacial score (nSPS) is 20.3. The maximum atomic E-state index is 13.9. The van der Waals surface area contributed by atoms with E-state index in [0.29, 0.717) is 18.7 Å². The van der Waals surface area contributed by atoms with Crippen LogP contribution >= 0.6 is 0 Å². The van der Waals surface area contributed by atoms with Gasteiger partial charge < -0.3 is 15.5 Å². The average Bonchev–Trinajstić information content (AvgIpc) is 2.68. The topological polar surface area (TPSA) is 49.6 Å². The van der Waals surface area contributed by atoms with Crippen molar-refractivity contribution in [2.24, 2.45) is 5.73 Å². The Morgan fingerprint density at radius 1 is 1.42 bits per heavy atom. The van der Waals surface area contributed by atoms with Gasteiger partial charge in [0.15, 0.2) is 0 Å². The molecule has 2 rings (SSSR count). The Hall–Kier alpha value is -1.62. The van der Waals surface area contributed by atoms with Gasteiger partial charge in [-0.15, -0.1) is 0 Å². The molecule has 2 N–H and O–H groups in total. The van der Waals surface area contributed by atoms with E-state index < -0.39 is 5.54 Å². The van der Waals surface area contributed by atoms with Gasteiger partial charge in [-0.1, -0.05) is 18.2 Å². The van der Waals surface area contributed by atoms with E-state index in [-0.39, 0.29) is 17.9 Å². The van der Waals surface area contributed by atoms with Crippen LogP contribution in [-0.2, 0) is 0 Å². The van der Waals surface area contributed by atoms with E-state index >= 15 is 0 Å². The molecule has 0 radical (unpaired) electrons. The molecule has 0 bridgehead atoms. The molecular weight excluding hydrogens is 245 g/mol. The molecule has 2 amide bonds. The maximum Gasteiger partial charge on any atom is 0.320 e. The van der Waals surface area contributed by atoms with Gasteiger partial charge in [0.05, 0.1) is 11.6 Å². The molecule has 1 saturated heterocycles. The second kappa shape index (κ2) is 4.81. The SMILES string of the molecule is CN1C(=O)N(C(C)(C)CN)CC1c1ccccc1F. The fraction of sp³-hybridized carbons (Fsp3) is 0.500. The molecule has 0 aromatic heterocycles. The van der Waals surface area contributed by atoms with E-state index in [0.717, 1.165) is 0 Å². The highest BCUT2D eigenvalue weighted by Gasteiger charge is 2.42. The van der Waals surface area contributed by atoms with Crippen molar-refractivity contribution in [2.75, 3.05) is 20.1 Å². The average molecular weight is 265 g/mol. The van der Waals surface area contributed by atoms with Crippen LogP contribution in [0, 0.1) is 5.82 Å². The third-order valence-corrected chi connectivity index (χ3v) is 3.85. The zero-order valence-corrected chi connectivity index (χ0v) is 11.6. The molecule has 1 unspecified atom stereocenters. The van der Waals surface area contributed by atoms with Crippen LogP contribution in [0.25, 0.3) is 0 Å². The van der Waals surface area contributed by atoms with Crippen LogP contribution in [0.3, 0.4) is 0 Å². The first-order valence-corrected chi connectivity index (χ1v) is 6.37. The van der Waals surface area contributed by atoms with Gasteiger partial charge in [0.2, 0.25) is 0 Å². The number of hydrogen-bond donors (Lipinski definition) is 1. The maximum absolute atomic E-state index is 13.9. The predicted octanol–water partition coefficient (Wildman–Crippen LogP) is 1.97. The fourth-order valence-corrected chi connectivity index (χ4v) is 2.37. The number of likely N-dealkylation sites (N-methyl/N-ethyl adjacent to an activating group) is 1. The van der Waals surface area contributed by atoms with Crippen molar-refractivity contribution in [1.82, 2.24) is 9.80 Å². The van der Waals surface area contributed by atoms with E-state index in [9.17, 15) is 9.18 Å². The number of amides is 2. The largest absolute Gasteiger partial charge is 0.328 e. The van der Waals surface area contributed by atoms with Crippen LogP contribution in [0.1, 0.15) is 25.5 Å². The van der Waals surface area contributed by atoms with Gasteiger partial charge >= 0.3 is 6.03 Å². The molecule has 19 heavy (non-hydrogen) atoms. The summed E-state index contributed by atoms with van der Waals surface area (Å²) in [4.78, 5) is 15.6. The van der Waals surface area contributed by atoms with Gasteiger partial charge in [-0.25, -0.2) is 9.18 Å². The Kier molecular flexibility index (Phi) is 3.49. The highest BCUT2D eigenvalue weighted by atomic mass is 19.1. The Morgan fingerprint density at radius 3 is 2.63 bits per heavy atom. The monoisotopic (exact) mass is 265 g/mol. The fourth-order valence-electron chi connectivity index (χ4n) is 2.37. The predicted molar refractivity (Wildman–Crippen MR) is 72.1 cm³/mol. The zero-order valence-electron chi connectivity index (χ0n) is 11.6. The van der Waals surface area contributed by atoms with Crippen molar-refractivity contribution >= 4 is 6.03 Å². The molecule has 1 fully saturated rings. The third-order valence-electron chi connectivity index (χ3n) is 3.85. The van der Waals surface area contributed by atoms with E-state index in [4.69, 9.17) is 5.73 Å². The molecule has 5 heteroatoms. The molecule has 1 atom stereocenters. The van der Waals surface area contributed by atoms with E-state index in [1.54, 1.807) is 35.0 Å². The summed E-state index contributed by atoms with van der Waals surface area (Å²) in [6.07, 6.45) is 0. The van der Waals surface area contributed by atoms with Crippen LogP contribution < -0.4 is 5.73 Å². The van der Waals surface area contributed by atoms with Crippen molar-refractivity contribution in [3.8, 4) is 0 Å². The van der Waals surface area contributed by atoms with Gasteiger partial charge in [0, 0.05) is 25.7 Å². The number of nitrogens with two attached hydrogens (primary N) is 1. The van der Waals surface area contributed by atoms with Crippen molar-refractivity contribution in [3.63, 3.8) is 0 Å². The van der Waals surface area contributed by atoms with Crippen molar-refractivity contribution in [3.05, 3.63) is 35.6 Å². The summed E-state index contributed by atoms with van der Waals surface area (Å²) >= 11 is 0. The number of carbonyl (C=O) groups is 1. The molecule has 0 aliphatic carbocycles. The highest BCUT2D eigenvalue weighted by Crippen LogP contribution is 2.33. The lowest BCUT2D eigenvalue weighted by atomic mass is 10.0. The van der Waals surface area contributed by atoms with Crippen molar-refractivity contribution < 1.29 is 9.18 Å². The number of hydrogen-bond acceptors (Lipinski definition) is 2. The molecule has 0 saturated carbocycles. The van der Waals surface area contributed by atoms with Crippen molar-refractivity contribution in [1.29, 1.82) is 0 Å². The molecule has 4 nitrogen and oxygen atoms in total. The minimum Gasteiger partial charge on any atom is -0.328 e. The number of carbonyl (C=O) groups excluding carboxylic acids is 1. The standard InChI is InChI=1S/C14H20FN3O/c1-14(2,9-16)18-8-12(17(3)13(18)19)10-6-4-5-7-11(10)15/h4-7,12H,8-9,16H2,1-3H3. The smallest absolute Gasteiger partial charge is 0.320 e. The Balaban J connectivity index is 2.32. The lowest BCUT2D eigenvalue weighted by molar-refractivity contribution is 0.154. The van der Waals surface area contributed by atoms with Gasteiger partial charge in [-0.05, 0) is 19.9 Å². The van der Waals surface area contributed by atoms with E-state index in [1.807, 2.05) is 13.8 Å². The number of urea groups is 1. The number of halogens is 1. The molecule has 104 valence electrons. The highest BCUT2D eigenvalue weighted by molar-refractivity contribution is 5.78. The lowest BCUT2D eigenvalue weighted by Crippen LogP contribution is -2.50.